The highest BCUT2D eigenvalue weighted by molar-refractivity contribution is 7.90. The summed E-state index contributed by atoms with van der Waals surface area (Å²) in [5, 5.41) is 8.79. The van der Waals surface area contributed by atoms with Gasteiger partial charge >= 0.3 is 5.97 Å². The summed E-state index contributed by atoms with van der Waals surface area (Å²) in [5.74, 6) is -1.03. The first kappa shape index (κ1) is 12.4. The molecule has 0 fully saturated rings. The Bertz CT molecular complexity index is 683. The molecule has 2 aromatic rings. The van der Waals surface area contributed by atoms with Crippen LogP contribution in [0.25, 0.3) is 11.3 Å². The van der Waals surface area contributed by atoms with Crippen LogP contribution in [0.15, 0.2) is 41.3 Å². The van der Waals surface area contributed by atoms with Gasteiger partial charge in [-0.1, -0.05) is 12.1 Å². The van der Waals surface area contributed by atoms with Crippen molar-refractivity contribution in [2.24, 2.45) is 0 Å². The molecule has 0 amide bonds. The molecule has 0 unspecified atom stereocenters. The van der Waals surface area contributed by atoms with Gasteiger partial charge in [0.05, 0.1) is 4.90 Å². The van der Waals surface area contributed by atoms with Crippen molar-refractivity contribution in [3.05, 3.63) is 42.1 Å². The Labute approximate surface area is 104 Å². The average molecular weight is 265 g/mol. The largest absolute Gasteiger partial charge is 0.477 e. The van der Waals surface area contributed by atoms with Crippen LogP contribution in [0.3, 0.4) is 0 Å². The summed E-state index contributed by atoms with van der Waals surface area (Å²) in [6.07, 6.45) is 1.14. The second-order valence-electron chi connectivity index (χ2n) is 3.89. The normalized spacial score (nSPS) is 11.4. The lowest BCUT2D eigenvalue weighted by Crippen LogP contribution is -1.97. The fourth-order valence-electron chi connectivity index (χ4n) is 1.57. The molecular formula is C12H11NO4S. The summed E-state index contributed by atoms with van der Waals surface area (Å²) >= 11 is 0. The van der Waals surface area contributed by atoms with Gasteiger partial charge in [-0.25, -0.2) is 13.2 Å². The standard InChI is InChI=1S/C12H11NO4S/c1-18(16,17)9-4-2-8(3-5-9)10-6-7-11(13-10)12(14)15/h2-7,13H,1H3,(H,14,15). The topological polar surface area (TPSA) is 87.2 Å². The van der Waals surface area contributed by atoms with E-state index in [-0.39, 0.29) is 10.6 Å². The number of nitrogens with one attached hydrogen (secondary N) is 1. The molecule has 18 heavy (non-hydrogen) atoms. The number of sulfone groups is 1. The number of carbonyl (C=O) groups is 1. The van der Waals surface area contributed by atoms with Crippen LogP contribution in [0.1, 0.15) is 10.5 Å². The van der Waals surface area contributed by atoms with E-state index < -0.39 is 15.8 Å². The van der Waals surface area contributed by atoms with E-state index in [0.717, 1.165) is 11.8 Å². The van der Waals surface area contributed by atoms with E-state index in [9.17, 15) is 13.2 Å². The molecule has 1 heterocycles. The highest BCUT2D eigenvalue weighted by Crippen LogP contribution is 2.20. The van der Waals surface area contributed by atoms with Crippen LogP contribution in [-0.4, -0.2) is 30.7 Å². The second kappa shape index (κ2) is 4.30. The first-order valence-corrected chi connectivity index (χ1v) is 7.00. The van der Waals surface area contributed by atoms with Gasteiger partial charge in [0.15, 0.2) is 9.84 Å². The Kier molecular flexibility index (Phi) is 2.96. The van der Waals surface area contributed by atoms with E-state index >= 15 is 0 Å². The number of carboxylic acids is 1. The Morgan fingerprint density at radius 2 is 1.72 bits per heavy atom. The van der Waals surface area contributed by atoms with E-state index in [1.807, 2.05) is 0 Å². The predicted molar refractivity (Wildman–Crippen MR) is 66.3 cm³/mol. The number of benzene rings is 1. The highest BCUT2D eigenvalue weighted by atomic mass is 32.2. The molecule has 0 aliphatic heterocycles. The predicted octanol–water partition coefficient (Wildman–Crippen LogP) is 1.78. The summed E-state index contributed by atoms with van der Waals surface area (Å²) in [7, 11) is -3.21. The van der Waals surface area contributed by atoms with Crippen LogP contribution in [0.2, 0.25) is 0 Å². The number of aromatic nitrogens is 1. The number of hydrogen-bond donors (Lipinski definition) is 2. The molecule has 1 aromatic carbocycles. The van der Waals surface area contributed by atoms with Crippen molar-refractivity contribution in [1.29, 1.82) is 0 Å². The monoisotopic (exact) mass is 265 g/mol. The molecule has 2 rings (SSSR count). The van der Waals surface area contributed by atoms with Crippen molar-refractivity contribution in [3.63, 3.8) is 0 Å². The SMILES string of the molecule is CS(=O)(=O)c1ccc(-c2ccc(C(=O)O)[nH]2)cc1. The molecule has 94 valence electrons. The van der Waals surface area contributed by atoms with Gasteiger partial charge in [0.25, 0.3) is 0 Å². The van der Waals surface area contributed by atoms with Crippen molar-refractivity contribution in [1.82, 2.24) is 4.98 Å². The summed E-state index contributed by atoms with van der Waals surface area (Å²) < 4.78 is 22.6. The molecule has 0 aliphatic rings. The molecule has 0 aliphatic carbocycles. The van der Waals surface area contributed by atoms with E-state index in [1.54, 1.807) is 18.2 Å². The van der Waals surface area contributed by atoms with Gasteiger partial charge in [0, 0.05) is 11.9 Å². The molecule has 0 atom stereocenters. The number of hydrogen-bond acceptors (Lipinski definition) is 3. The highest BCUT2D eigenvalue weighted by Gasteiger charge is 2.09. The maximum absolute atomic E-state index is 11.3. The minimum atomic E-state index is -3.21. The molecule has 0 radical (unpaired) electrons. The summed E-state index contributed by atoms with van der Waals surface area (Å²) in [6, 6.07) is 9.35. The maximum atomic E-state index is 11.3. The van der Waals surface area contributed by atoms with Gasteiger partial charge in [0.2, 0.25) is 0 Å². The van der Waals surface area contributed by atoms with E-state index in [1.165, 1.54) is 18.2 Å². The number of aromatic carboxylic acids is 1. The average Bonchev–Trinajstić information content (AvgIpc) is 2.77. The van der Waals surface area contributed by atoms with Crippen LogP contribution < -0.4 is 0 Å². The molecule has 5 nitrogen and oxygen atoms in total. The summed E-state index contributed by atoms with van der Waals surface area (Å²) in [4.78, 5) is 13.7. The Balaban J connectivity index is 2.37. The third-order valence-electron chi connectivity index (χ3n) is 2.51. The van der Waals surface area contributed by atoms with Crippen LogP contribution in [-0.2, 0) is 9.84 Å². The van der Waals surface area contributed by atoms with Crippen LogP contribution in [0.5, 0.6) is 0 Å². The third kappa shape index (κ3) is 2.43. The van der Waals surface area contributed by atoms with Crippen LogP contribution >= 0.6 is 0 Å². The zero-order valence-electron chi connectivity index (χ0n) is 9.54. The van der Waals surface area contributed by atoms with Crippen LogP contribution in [0.4, 0.5) is 0 Å². The molecule has 1 aromatic heterocycles. The van der Waals surface area contributed by atoms with Gasteiger partial charge in [0.1, 0.15) is 5.69 Å². The molecule has 0 saturated carbocycles. The lowest BCUT2D eigenvalue weighted by molar-refractivity contribution is 0.0691. The van der Waals surface area contributed by atoms with Crippen LogP contribution in [0, 0.1) is 0 Å². The van der Waals surface area contributed by atoms with Gasteiger partial charge in [-0.3, -0.25) is 0 Å². The molecule has 0 spiro atoms. The van der Waals surface area contributed by atoms with Crippen molar-refractivity contribution < 1.29 is 18.3 Å². The molecule has 6 heteroatoms. The Hall–Kier alpha value is -2.08. The van der Waals surface area contributed by atoms with E-state index in [0.29, 0.717) is 5.69 Å². The van der Waals surface area contributed by atoms with Gasteiger partial charge in [-0.15, -0.1) is 0 Å². The summed E-state index contributed by atoms with van der Waals surface area (Å²) in [6.45, 7) is 0. The van der Waals surface area contributed by atoms with Crippen molar-refractivity contribution in [2.75, 3.05) is 6.26 Å². The number of carboxylic acid groups (broad SMARTS) is 1. The van der Waals surface area contributed by atoms with Gasteiger partial charge < -0.3 is 10.1 Å². The Morgan fingerprint density at radius 3 is 2.17 bits per heavy atom. The zero-order chi connectivity index (χ0) is 13.3. The van der Waals surface area contributed by atoms with E-state index in [4.69, 9.17) is 5.11 Å². The smallest absolute Gasteiger partial charge is 0.352 e. The third-order valence-corrected chi connectivity index (χ3v) is 3.64. The molecule has 0 saturated heterocycles. The Morgan fingerprint density at radius 1 is 1.11 bits per heavy atom. The minimum absolute atomic E-state index is 0.0946. The molecular weight excluding hydrogens is 254 g/mol. The second-order valence-corrected chi connectivity index (χ2v) is 5.90. The molecule has 2 N–H and O–H groups in total. The first-order chi connectivity index (χ1) is 8.38. The van der Waals surface area contributed by atoms with Crippen molar-refractivity contribution in [2.45, 2.75) is 4.90 Å². The summed E-state index contributed by atoms with van der Waals surface area (Å²) in [5.41, 5.74) is 1.46. The zero-order valence-corrected chi connectivity index (χ0v) is 10.4. The fraction of sp³-hybridized carbons (Fsp3) is 0.0833. The van der Waals surface area contributed by atoms with Crippen molar-refractivity contribution >= 4 is 15.8 Å². The lowest BCUT2D eigenvalue weighted by Gasteiger charge is -2.01. The minimum Gasteiger partial charge on any atom is -0.477 e. The van der Waals surface area contributed by atoms with Gasteiger partial charge in [-0.05, 0) is 29.8 Å². The van der Waals surface area contributed by atoms with Crippen molar-refractivity contribution in [3.8, 4) is 11.3 Å². The number of rotatable bonds is 3. The number of H-pyrrole nitrogens is 1. The molecule has 0 bridgehead atoms. The van der Waals surface area contributed by atoms with E-state index in [2.05, 4.69) is 4.98 Å². The quantitative estimate of drug-likeness (QED) is 0.885. The first-order valence-electron chi connectivity index (χ1n) is 5.11. The lowest BCUT2D eigenvalue weighted by atomic mass is 10.2. The number of aromatic amines is 1. The van der Waals surface area contributed by atoms with Gasteiger partial charge in [-0.2, -0.15) is 0 Å². The fourth-order valence-corrected chi connectivity index (χ4v) is 2.20. The maximum Gasteiger partial charge on any atom is 0.352 e.